The number of aromatic amines is 1. The average Bonchev–Trinajstić information content (AvgIpc) is 3.27. The second kappa shape index (κ2) is 10.4. The van der Waals surface area contributed by atoms with Crippen LogP contribution in [0.2, 0.25) is 0 Å². The highest BCUT2D eigenvalue weighted by molar-refractivity contribution is 5.94. The first-order chi connectivity index (χ1) is 15.7. The van der Waals surface area contributed by atoms with Crippen molar-refractivity contribution in [2.75, 3.05) is 13.1 Å². The monoisotopic (exact) mass is 425 g/mol. The number of H-pyrrole nitrogens is 1. The third kappa shape index (κ3) is 5.24. The Labute approximate surface area is 187 Å². The summed E-state index contributed by atoms with van der Waals surface area (Å²) in [7, 11) is 0. The number of amides is 2. The normalized spacial score (nSPS) is 11.8. The molecule has 0 saturated carbocycles. The van der Waals surface area contributed by atoms with Gasteiger partial charge in [-0.2, -0.15) is 0 Å². The smallest absolute Gasteiger partial charge is 0.251 e. The molecule has 1 atom stereocenters. The highest BCUT2D eigenvalue weighted by atomic mass is 16.2. The Bertz CT molecular complexity index is 1170. The molecule has 1 aromatic heterocycles. The van der Waals surface area contributed by atoms with E-state index in [1.54, 1.807) is 12.1 Å². The van der Waals surface area contributed by atoms with Gasteiger partial charge in [0.25, 0.3) is 5.91 Å². The zero-order chi connectivity index (χ0) is 22.2. The maximum absolute atomic E-state index is 12.5. The van der Waals surface area contributed by atoms with E-state index >= 15 is 0 Å². The summed E-state index contributed by atoms with van der Waals surface area (Å²) in [5, 5.41) is 7.12. The molecule has 4 rings (SSSR count). The van der Waals surface area contributed by atoms with Crippen LogP contribution in [0, 0.1) is 0 Å². The van der Waals surface area contributed by atoms with Gasteiger partial charge in [-0.1, -0.05) is 66.7 Å². The summed E-state index contributed by atoms with van der Waals surface area (Å²) in [5.74, 6) is -0.0803. The minimum Gasteiger partial charge on any atom is -0.361 e. The van der Waals surface area contributed by atoms with Crippen LogP contribution in [0.25, 0.3) is 10.9 Å². The fourth-order valence-electron chi connectivity index (χ4n) is 3.92. The molecule has 0 aliphatic rings. The van der Waals surface area contributed by atoms with E-state index in [2.05, 4.69) is 39.9 Å². The maximum Gasteiger partial charge on any atom is 0.251 e. The Kier molecular flexibility index (Phi) is 6.98. The summed E-state index contributed by atoms with van der Waals surface area (Å²) >= 11 is 0. The van der Waals surface area contributed by atoms with Crippen molar-refractivity contribution in [1.29, 1.82) is 0 Å². The molecule has 5 nitrogen and oxygen atoms in total. The van der Waals surface area contributed by atoms with Crippen molar-refractivity contribution in [3.05, 3.63) is 108 Å². The number of benzene rings is 3. The largest absolute Gasteiger partial charge is 0.361 e. The SMILES string of the molecule is O=C(CCCNC(=O)c1ccccc1)NCC(c1ccccc1)c1c[nH]c2ccccc12. The lowest BCUT2D eigenvalue weighted by Gasteiger charge is -2.18. The first kappa shape index (κ1) is 21.4. The minimum atomic E-state index is -0.116. The number of rotatable bonds is 9. The van der Waals surface area contributed by atoms with Crippen molar-refractivity contribution in [2.24, 2.45) is 0 Å². The summed E-state index contributed by atoms with van der Waals surface area (Å²) in [4.78, 5) is 27.9. The second-order valence-corrected chi connectivity index (χ2v) is 7.78. The van der Waals surface area contributed by atoms with Gasteiger partial charge in [0.15, 0.2) is 0 Å². The molecular formula is C27H27N3O2. The zero-order valence-electron chi connectivity index (χ0n) is 17.9. The molecule has 0 fully saturated rings. The molecule has 0 radical (unpaired) electrons. The predicted octanol–water partition coefficient (Wildman–Crippen LogP) is 4.63. The molecule has 0 saturated heterocycles. The van der Waals surface area contributed by atoms with E-state index < -0.39 is 0 Å². The molecule has 0 aliphatic heterocycles. The van der Waals surface area contributed by atoms with Crippen LogP contribution in [0.4, 0.5) is 0 Å². The van der Waals surface area contributed by atoms with E-state index in [0.717, 1.165) is 11.1 Å². The third-order valence-corrected chi connectivity index (χ3v) is 5.60. The standard InChI is InChI=1S/C27H27N3O2/c31-26(16-9-17-28-27(32)21-12-5-2-6-13-21)30-18-23(20-10-3-1-4-11-20)24-19-29-25-15-8-7-14-22(24)25/h1-8,10-15,19,23,29H,9,16-18H2,(H,28,32)(H,30,31). The Hall–Kier alpha value is -3.86. The molecular weight excluding hydrogens is 398 g/mol. The first-order valence-corrected chi connectivity index (χ1v) is 10.9. The lowest BCUT2D eigenvalue weighted by molar-refractivity contribution is -0.121. The van der Waals surface area contributed by atoms with Crippen LogP contribution >= 0.6 is 0 Å². The molecule has 0 bridgehead atoms. The lowest BCUT2D eigenvalue weighted by Crippen LogP contribution is -2.30. The van der Waals surface area contributed by atoms with Crippen LogP contribution in [0.3, 0.4) is 0 Å². The molecule has 5 heteroatoms. The topological polar surface area (TPSA) is 74.0 Å². The molecule has 1 unspecified atom stereocenters. The summed E-state index contributed by atoms with van der Waals surface area (Å²) in [6.07, 6.45) is 2.99. The first-order valence-electron chi connectivity index (χ1n) is 10.9. The van der Waals surface area contributed by atoms with E-state index in [0.29, 0.717) is 31.5 Å². The van der Waals surface area contributed by atoms with Crippen LogP contribution in [0.15, 0.2) is 91.1 Å². The molecule has 2 amide bonds. The quantitative estimate of drug-likeness (QED) is 0.342. The van der Waals surface area contributed by atoms with Gasteiger partial charge in [0.1, 0.15) is 0 Å². The number of fused-ring (bicyclic) bond motifs is 1. The minimum absolute atomic E-state index is 0.0141. The summed E-state index contributed by atoms with van der Waals surface area (Å²) in [6, 6.07) is 27.5. The number of carbonyl (C=O) groups excluding carboxylic acids is 2. The van der Waals surface area contributed by atoms with Gasteiger partial charge < -0.3 is 15.6 Å². The Balaban J connectivity index is 1.33. The van der Waals surface area contributed by atoms with Crippen LogP contribution in [-0.4, -0.2) is 29.9 Å². The van der Waals surface area contributed by atoms with Gasteiger partial charge in [-0.25, -0.2) is 0 Å². The van der Waals surface area contributed by atoms with Crippen LogP contribution in [-0.2, 0) is 4.79 Å². The Morgan fingerprint density at radius 3 is 2.28 bits per heavy atom. The van der Waals surface area contributed by atoms with Gasteiger partial charge in [-0.15, -0.1) is 0 Å². The van der Waals surface area contributed by atoms with Crippen molar-refractivity contribution >= 4 is 22.7 Å². The summed E-state index contributed by atoms with van der Waals surface area (Å²) in [6.45, 7) is 0.979. The highest BCUT2D eigenvalue weighted by Crippen LogP contribution is 2.30. The Morgan fingerprint density at radius 1 is 0.812 bits per heavy atom. The van der Waals surface area contributed by atoms with E-state index in [4.69, 9.17) is 0 Å². The molecule has 0 spiro atoms. The highest BCUT2D eigenvalue weighted by Gasteiger charge is 2.18. The van der Waals surface area contributed by atoms with Crippen LogP contribution in [0.1, 0.15) is 40.2 Å². The number of para-hydroxylation sites is 1. The van der Waals surface area contributed by atoms with Crippen molar-refractivity contribution in [2.45, 2.75) is 18.8 Å². The molecule has 0 aliphatic carbocycles. The average molecular weight is 426 g/mol. The van der Waals surface area contributed by atoms with E-state index in [1.807, 2.05) is 54.7 Å². The molecule has 3 aromatic carbocycles. The van der Waals surface area contributed by atoms with E-state index in [9.17, 15) is 9.59 Å². The van der Waals surface area contributed by atoms with Crippen molar-refractivity contribution in [1.82, 2.24) is 15.6 Å². The lowest BCUT2D eigenvalue weighted by atomic mass is 9.91. The number of hydrogen-bond donors (Lipinski definition) is 3. The molecule has 4 aromatic rings. The van der Waals surface area contributed by atoms with Crippen LogP contribution < -0.4 is 10.6 Å². The summed E-state index contributed by atoms with van der Waals surface area (Å²) < 4.78 is 0. The van der Waals surface area contributed by atoms with Crippen LogP contribution in [0.5, 0.6) is 0 Å². The summed E-state index contributed by atoms with van der Waals surface area (Å²) in [5.41, 5.74) is 4.04. The van der Waals surface area contributed by atoms with Gasteiger partial charge >= 0.3 is 0 Å². The number of hydrogen-bond acceptors (Lipinski definition) is 2. The number of carbonyl (C=O) groups is 2. The molecule has 32 heavy (non-hydrogen) atoms. The van der Waals surface area contributed by atoms with Crippen molar-refractivity contribution in [3.8, 4) is 0 Å². The number of nitrogens with one attached hydrogen (secondary N) is 3. The number of aromatic nitrogens is 1. The fraction of sp³-hybridized carbons (Fsp3) is 0.185. The van der Waals surface area contributed by atoms with Gasteiger partial charge in [0.05, 0.1) is 0 Å². The maximum atomic E-state index is 12.5. The third-order valence-electron chi connectivity index (χ3n) is 5.60. The molecule has 3 N–H and O–H groups in total. The Morgan fingerprint density at radius 2 is 1.50 bits per heavy atom. The molecule has 162 valence electrons. The van der Waals surface area contributed by atoms with Gasteiger partial charge in [-0.3, -0.25) is 9.59 Å². The predicted molar refractivity (Wildman–Crippen MR) is 128 cm³/mol. The zero-order valence-corrected chi connectivity index (χ0v) is 17.9. The van der Waals surface area contributed by atoms with Crippen molar-refractivity contribution in [3.63, 3.8) is 0 Å². The van der Waals surface area contributed by atoms with Gasteiger partial charge in [0.2, 0.25) is 5.91 Å². The van der Waals surface area contributed by atoms with E-state index in [-0.39, 0.29) is 17.7 Å². The fourth-order valence-corrected chi connectivity index (χ4v) is 3.92. The van der Waals surface area contributed by atoms with Gasteiger partial charge in [-0.05, 0) is 35.7 Å². The second-order valence-electron chi connectivity index (χ2n) is 7.78. The van der Waals surface area contributed by atoms with E-state index in [1.165, 1.54) is 10.9 Å². The van der Waals surface area contributed by atoms with Crippen molar-refractivity contribution < 1.29 is 9.59 Å². The van der Waals surface area contributed by atoms with Gasteiger partial charge in [0, 0.05) is 48.1 Å². The molecule has 1 heterocycles.